The number of oxazole rings is 1. The van der Waals surface area contributed by atoms with Crippen molar-refractivity contribution in [2.24, 2.45) is 10.9 Å². The quantitative estimate of drug-likeness (QED) is 0.341. The zero-order valence-electron chi connectivity index (χ0n) is 11.5. The van der Waals surface area contributed by atoms with Crippen molar-refractivity contribution in [3.63, 3.8) is 0 Å². The molecule has 7 heteroatoms. The van der Waals surface area contributed by atoms with E-state index in [1.54, 1.807) is 18.3 Å². The molecule has 0 fully saturated rings. The summed E-state index contributed by atoms with van der Waals surface area (Å²) in [4.78, 5) is 24.5. The van der Waals surface area contributed by atoms with Gasteiger partial charge in [-0.2, -0.15) is 0 Å². The van der Waals surface area contributed by atoms with Gasteiger partial charge in [0.05, 0.1) is 12.0 Å². The van der Waals surface area contributed by atoms with E-state index in [-0.39, 0.29) is 12.3 Å². The summed E-state index contributed by atoms with van der Waals surface area (Å²) < 4.78 is 5.51. The van der Waals surface area contributed by atoms with Gasteiger partial charge in [-0.1, -0.05) is 17.3 Å². The van der Waals surface area contributed by atoms with E-state index in [0.29, 0.717) is 17.0 Å². The van der Waals surface area contributed by atoms with Crippen molar-refractivity contribution < 1.29 is 14.0 Å². The zero-order chi connectivity index (χ0) is 15.4. The van der Waals surface area contributed by atoms with Crippen LogP contribution in [0.25, 0.3) is 11.1 Å². The molecule has 2 heterocycles. The highest BCUT2D eigenvalue weighted by atomic mass is 16.7. The van der Waals surface area contributed by atoms with Crippen LogP contribution < -0.4 is 5.73 Å². The number of nitrogens with zero attached hydrogens (tertiary/aromatic N) is 3. The number of carbonyl (C=O) groups excluding carboxylic acids is 1. The number of pyridine rings is 1. The van der Waals surface area contributed by atoms with E-state index in [0.717, 1.165) is 5.52 Å². The summed E-state index contributed by atoms with van der Waals surface area (Å²) in [5, 5.41) is 3.58. The molecule has 0 saturated carbocycles. The Hall–Kier alpha value is -3.22. The van der Waals surface area contributed by atoms with Crippen molar-refractivity contribution in [3.8, 4) is 0 Å². The molecule has 0 atom stereocenters. The highest BCUT2D eigenvalue weighted by Crippen LogP contribution is 2.14. The molecule has 22 heavy (non-hydrogen) atoms. The molecule has 7 nitrogen and oxygen atoms in total. The minimum Gasteiger partial charge on any atom is -0.440 e. The van der Waals surface area contributed by atoms with Gasteiger partial charge < -0.3 is 15.0 Å². The standard InChI is InChI=1S/C15H12N4O3/c16-13(19-22-15(20)10-4-3-7-17-9-10)8-14-18-11-5-1-2-6-12(11)21-14/h1-7,9H,8H2,(H2,16,19). The Morgan fingerprint density at radius 3 is 2.91 bits per heavy atom. The first-order valence-corrected chi connectivity index (χ1v) is 6.50. The average molecular weight is 296 g/mol. The van der Waals surface area contributed by atoms with Crippen molar-refractivity contribution in [3.05, 3.63) is 60.2 Å². The molecule has 0 aliphatic heterocycles. The summed E-state index contributed by atoms with van der Waals surface area (Å²) in [5.41, 5.74) is 7.40. The zero-order valence-corrected chi connectivity index (χ0v) is 11.5. The molecule has 0 aliphatic rings. The van der Waals surface area contributed by atoms with Crippen LogP contribution in [0.1, 0.15) is 16.2 Å². The first-order chi connectivity index (χ1) is 10.7. The Labute approximate surface area is 125 Å². The maximum atomic E-state index is 11.7. The molecule has 2 aromatic heterocycles. The van der Waals surface area contributed by atoms with Crippen LogP contribution in [0.5, 0.6) is 0 Å². The van der Waals surface area contributed by atoms with Gasteiger partial charge in [-0.15, -0.1) is 0 Å². The Morgan fingerprint density at radius 2 is 2.14 bits per heavy atom. The molecule has 0 bridgehead atoms. The monoisotopic (exact) mass is 296 g/mol. The van der Waals surface area contributed by atoms with Gasteiger partial charge in [0.1, 0.15) is 11.4 Å². The number of aromatic nitrogens is 2. The van der Waals surface area contributed by atoms with Crippen LogP contribution >= 0.6 is 0 Å². The Kier molecular flexibility index (Phi) is 3.78. The Bertz CT molecular complexity index is 794. The van der Waals surface area contributed by atoms with E-state index < -0.39 is 5.97 Å². The molecule has 1 aromatic carbocycles. The van der Waals surface area contributed by atoms with Crippen LogP contribution in [0.3, 0.4) is 0 Å². The molecule has 0 saturated heterocycles. The predicted octanol–water partition coefficient (Wildman–Crippen LogP) is 1.89. The molecular formula is C15H12N4O3. The van der Waals surface area contributed by atoms with Gasteiger partial charge in [-0.3, -0.25) is 4.98 Å². The second-order valence-electron chi connectivity index (χ2n) is 4.46. The molecule has 3 aromatic rings. The number of hydrogen-bond acceptors (Lipinski definition) is 6. The van der Waals surface area contributed by atoms with Crippen LogP contribution in [-0.2, 0) is 11.3 Å². The van der Waals surface area contributed by atoms with Crippen molar-refractivity contribution in [1.29, 1.82) is 0 Å². The number of oxime groups is 1. The summed E-state index contributed by atoms with van der Waals surface area (Å²) in [6, 6.07) is 10.6. The number of benzene rings is 1. The number of nitrogens with two attached hydrogens (primary N) is 1. The number of fused-ring (bicyclic) bond motifs is 1. The van der Waals surface area contributed by atoms with E-state index in [2.05, 4.69) is 15.1 Å². The maximum Gasteiger partial charge on any atom is 0.367 e. The number of hydrogen-bond donors (Lipinski definition) is 1. The highest BCUT2D eigenvalue weighted by molar-refractivity contribution is 5.90. The molecule has 110 valence electrons. The van der Waals surface area contributed by atoms with E-state index in [9.17, 15) is 4.79 Å². The lowest BCUT2D eigenvalue weighted by Gasteiger charge is -1.98. The summed E-state index contributed by atoms with van der Waals surface area (Å²) in [6.45, 7) is 0. The fourth-order valence-electron chi connectivity index (χ4n) is 1.82. The van der Waals surface area contributed by atoms with Crippen LogP contribution in [-0.4, -0.2) is 21.8 Å². The summed E-state index contributed by atoms with van der Waals surface area (Å²) >= 11 is 0. The molecule has 0 aliphatic carbocycles. The number of carbonyl (C=O) groups is 1. The molecular weight excluding hydrogens is 284 g/mol. The summed E-state index contributed by atoms with van der Waals surface area (Å²) in [7, 11) is 0. The minimum absolute atomic E-state index is 0.0868. The van der Waals surface area contributed by atoms with Gasteiger partial charge in [0.15, 0.2) is 5.58 Å². The first-order valence-electron chi connectivity index (χ1n) is 6.50. The van der Waals surface area contributed by atoms with Crippen molar-refractivity contribution in [2.45, 2.75) is 6.42 Å². The smallest absolute Gasteiger partial charge is 0.367 e. The van der Waals surface area contributed by atoms with Crippen LogP contribution in [0, 0.1) is 0 Å². The molecule has 0 radical (unpaired) electrons. The van der Waals surface area contributed by atoms with Crippen molar-refractivity contribution >= 4 is 22.9 Å². The lowest BCUT2D eigenvalue weighted by Crippen LogP contribution is -2.17. The van der Waals surface area contributed by atoms with Crippen molar-refractivity contribution in [1.82, 2.24) is 9.97 Å². The number of rotatable bonds is 4. The molecule has 0 spiro atoms. The van der Waals surface area contributed by atoms with Crippen LogP contribution in [0.2, 0.25) is 0 Å². The van der Waals surface area contributed by atoms with Crippen LogP contribution in [0.4, 0.5) is 0 Å². The number of amidine groups is 1. The molecule has 0 amide bonds. The maximum absolute atomic E-state index is 11.7. The topological polar surface area (TPSA) is 104 Å². The second kappa shape index (κ2) is 6.04. The van der Waals surface area contributed by atoms with Gasteiger partial charge >= 0.3 is 5.97 Å². The SMILES string of the molecule is NC(Cc1nc2ccccc2o1)=NOC(=O)c1cccnc1. The van der Waals surface area contributed by atoms with Crippen LogP contribution in [0.15, 0.2) is 58.4 Å². The van der Waals surface area contributed by atoms with Gasteiger partial charge in [0.2, 0.25) is 5.89 Å². The first kappa shape index (κ1) is 13.7. The van der Waals surface area contributed by atoms with Crippen molar-refractivity contribution in [2.75, 3.05) is 0 Å². The third kappa shape index (κ3) is 3.09. The summed E-state index contributed by atoms with van der Waals surface area (Å²) in [5.74, 6) is -0.141. The van der Waals surface area contributed by atoms with Gasteiger partial charge in [0.25, 0.3) is 0 Å². The molecule has 3 rings (SSSR count). The fraction of sp³-hybridized carbons (Fsp3) is 0.0667. The largest absolute Gasteiger partial charge is 0.440 e. The van der Waals surface area contributed by atoms with E-state index >= 15 is 0 Å². The third-order valence-electron chi connectivity index (χ3n) is 2.81. The minimum atomic E-state index is -0.631. The lowest BCUT2D eigenvalue weighted by atomic mass is 10.3. The van der Waals surface area contributed by atoms with E-state index in [4.69, 9.17) is 15.0 Å². The average Bonchev–Trinajstić information content (AvgIpc) is 2.95. The van der Waals surface area contributed by atoms with E-state index in [1.165, 1.54) is 6.20 Å². The van der Waals surface area contributed by atoms with Gasteiger partial charge in [-0.05, 0) is 24.3 Å². The normalized spacial score (nSPS) is 11.5. The third-order valence-corrected chi connectivity index (χ3v) is 2.81. The highest BCUT2D eigenvalue weighted by Gasteiger charge is 2.10. The molecule has 2 N–H and O–H groups in total. The second-order valence-corrected chi connectivity index (χ2v) is 4.46. The Morgan fingerprint density at radius 1 is 1.27 bits per heavy atom. The van der Waals surface area contributed by atoms with E-state index in [1.807, 2.05) is 24.3 Å². The number of para-hydroxylation sites is 2. The lowest BCUT2D eigenvalue weighted by molar-refractivity contribution is 0.0514. The Balaban J connectivity index is 1.66. The molecule has 0 unspecified atom stereocenters. The van der Waals surface area contributed by atoms with Gasteiger partial charge in [-0.25, -0.2) is 9.78 Å². The fourth-order valence-corrected chi connectivity index (χ4v) is 1.82. The predicted molar refractivity (Wildman–Crippen MR) is 79.0 cm³/mol. The summed E-state index contributed by atoms with van der Waals surface area (Å²) in [6.07, 6.45) is 3.09. The van der Waals surface area contributed by atoms with Gasteiger partial charge in [0, 0.05) is 12.4 Å².